The van der Waals surface area contributed by atoms with Gasteiger partial charge in [-0.05, 0) is 31.2 Å². The first-order chi connectivity index (χ1) is 8.79. The van der Waals surface area contributed by atoms with Crippen LogP contribution < -0.4 is 10.6 Å². The topological polar surface area (TPSA) is 41.1 Å². The molecule has 0 atom stereocenters. The Kier molecular flexibility index (Phi) is 5.08. The lowest BCUT2D eigenvalue weighted by molar-refractivity contribution is -0.115. The molecule has 0 unspecified atom stereocenters. The predicted molar refractivity (Wildman–Crippen MR) is 77.1 cm³/mol. The third-order valence-electron chi connectivity index (χ3n) is 3.29. The van der Waals surface area contributed by atoms with Crippen LogP contribution >= 0.6 is 11.8 Å². The molecule has 1 amide bonds. The van der Waals surface area contributed by atoms with Crippen LogP contribution in [0.15, 0.2) is 29.2 Å². The van der Waals surface area contributed by atoms with Crippen molar-refractivity contribution in [1.29, 1.82) is 0 Å². The second-order valence-corrected chi connectivity index (χ2v) is 5.46. The minimum Gasteiger partial charge on any atom is -0.324 e. The first-order valence-corrected chi connectivity index (χ1v) is 7.68. The third-order valence-corrected chi connectivity index (χ3v) is 4.08. The summed E-state index contributed by atoms with van der Waals surface area (Å²) in [7, 11) is 0. The molecule has 3 nitrogen and oxygen atoms in total. The summed E-state index contributed by atoms with van der Waals surface area (Å²) in [5, 5.41) is 6.28. The summed E-state index contributed by atoms with van der Waals surface area (Å²) in [6.45, 7) is 0.410. The molecule has 2 rings (SSSR count). The normalized spacial score (nSPS) is 15.8. The molecule has 1 fully saturated rings. The molecule has 0 saturated heterocycles. The lowest BCUT2D eigenvalue weighted by Gasteiger charge is -2.13. The molecular weight excluding hydrogens is 244 g/mol. The van der Waals surface area contributed by atoms with Crippen molar-refractivity contribution in [2.45, 2.75) is 36.6 Å². The van der Waals surface area contributed by atoms with Crippen LogP contribution in [0.5, 0.6) is 0 Å². The van der Waals surface area contributed by atoms with Crippen molar-refractivity contribution in [3.63, 3.8) is 0 Å². The highest BCUT2D eigenvalue weighted by molar-refractivity contribution is 7.98. The molecule has 1 aliphatic rings. The van der Waals surface area contributed by atoms with Crippen LogP contribution in [0.25, 0.3) is 0 Å². The summed E-state index contributed by atoms with van der Waals surface area (Å²) in [4.78, 5) is 13.0. The molecular formula is C14H20N2OS. The lowest BCUT2D eigenvalue weighted by Crippen LogP contribution is -2.34. The van der Waals surface area contributed by atoms with E-state index in [9.17, 15) is 4.79 Å². The van der Waals surface area contributed by atoms with E-state index in [4.69, 9.17) is 0 Å². The molecule has 18 heavy (non-hydrogen) atoms. The first kappa shape index (κ1) is 13.4. The van der Waals surface area contributed by atoms with Crippen LogP contribution in [0.1, 0.15) is 25.7 Å². The molecule has 1 saturated carbocycles. The van der Waals surface area contributed by atoms with E-state index in [1.165, 1.54) is 25.7 Å². The van der Waals surface area contributed by atoms with Gasteiger partial charge in [0.15, 0.2) is 0 Å². The summed E-state index contributed by atoms with van der Waals surface area (Å²) in [6.07, 6.45) is 6.99. The fourth-order valence-corrected chi connectivity index (χ4v) is 2.86. The van der Waals surface area contributed by atoms with Crippen LogP contribution in [0.3, 0.4) is 0 Å². The van der Waals surface area contributed by atoms with Gasteiger partial charge in [0.05, 0.1) is 12.2 Å². The zero-order chi connectivity index (χ0) is 12.8. The van der Waals surface area contributed by atoms with Gasteiger partial charge < -0.3 is 10.6 Å². The largest absolute Gasteiger partial charge is 0.324 e. The Balaban J connectivity index is 1.82. The maximum Gasteiger partial charge on any atom is 0.238 e. The van der Waals surface area contributed by atoms with Crippen LogP contribution in [-0.2, 0) is 4.79 Å². The van der Waals surface area contributed by atoms with Crippen molar-refractivity contribution in [3.05, 3.63) is 24.3 Å². The lowest BCUT2D eigenvalue weighted by atomic mass is 10.2. The van der Waals surface area contributed by atoms with Crippen molar-refractivity contribution in [2.75, 3.05) is 18.1 Å². The monoisotopic (exact) mass is 264 g/mol. The number of benzene rings is 1. The van der Waals surface area contributed by atoms with Gasteiger partial charge in [-0.25, -0.2) is 0 Å². The molecule has 0 radical (unpaired) electrons. The number of rotatable bonds is 5. The highest BCUT2D eigenvalue weighted by atomic mass is 32.2. The Morgan fingerprint density at radius 3 is 2.78 bits per heavy atom. The highest BCUT2D eigenvalue weighted by Crippen LogP contribution is 2.24. The minimum absolute atomic E-state index is 0.0448. The number of para-hydroxylation sites is 1. The number of carbonyl (C=O) groups excluding carboxylic acids is 1. The van der Waals surface area contributed by atoms with Crippen molar-refractivity contribution in [1.82, 2.24) is 5.32 Å². The zero-order valence-electron chi connectivity index (χ0n) is 10.7. The Labute approximate surface area is 113 Å². The standard InChI is InChI=1S/C14H20N2OS/c1-18-13-9-5-4-8-12(13)16-14(17)10-15-11-6-2-3-7-11/h4-5,8-9,11,15H,2-3,6-7,10H2,1H3,(H,16,17). The zero-order valence-corrected chi connectivity index (χ0v) is 11.6. The molecule has 0 bridgehead atoms. The number of nitrogens with one attached hydrogen (secondary N) is 2. The van der Waals surface area contributed by atoms with E-state index in [1.54, 1.807) is 11.8 Å². The van der Waals surface area contributed by atoms with Crippen LogP contribution in [0.4, 0.5) is 5.69 Å². The molecule has 0 aliphatic heterocycles. The van der Waals surface area contributed by atoms with E-state index in [0.717, 1.165) is 10.6 Å². The first-order valence-electron chi connectivity index (χ1n) is 6.46. The van der Waals surface area contributed by atoms with E-state index in [-0.39, 0.29) is 5.91 Å². The van der Waals surface area contributed by atoms with Gasteiger partial charge in [0.2, 0.25) is 5.91 Å². The smallest absolute Gasteiger partial charge is 0.238 e. The van der Waals surface area contributed by atoms with Crippen molar-refractivity contribution in [2.24, 2.45) is 0 Å². The van der Waals surface area contributed by atoms with E-state index in [0.29, 0.717) is 12.6 Å². The van der Waals surface area contributed by atoms with Crippen molar-refractivity contribution < 1.29 is 4.79 Å². The van der Waals surface area contributed by atoms with Crippen molar-refractivity contribution >= 4 is 23.4 Å². The molecule has 0 spiro atoms. The molecule has 0 heterocycles. The van der Waals surface area contributed by atoms with Gasteiger partial charge in [-0.2, -0.15) is 0 Å². The van der Waals surface area contributed by atoms with Crippen molar-refractivity contribution in [3.8, 4) is 0 Å². The van der Waals surface area contributed by atoms with Gasteiger partial charge in [-0.3, -0.25) is 4.79 Å². The molecule has 98 valence electrons. The van der Waals surface area contributed by atoms with Crippen LogP contribution in [0.2, 0.25) is 0 Å². The Morgan fingerprint density at radius 1 is 1.33 bits per heavy atom. The highest BCUT2D eigenvalue weighted by Gasteiger charge is 2.15. The molecule has 1 aromatic carbocycles. The van der Waals surface area contributed by atoms with Gasteiger partial charge in [0.25, 0.3) is 0 Å². The molecule has 2 N–H and O–H groups in total. The third kappa shape index (κ3) is 3.75. The Hall–Kier alpha value is -1.00. The SMILES string of the molecule is CSc1ccccc1NC(=O)CNC1CCCC1. The number of amides is 1. The van der Waals surface area contributed by atoms with E-state index >= 15 is 0 Å². The predicted octanol–water partition coefficient (Wildman–Crippen LogP) is 2.88. The number of hydrogen-bond acceptors (Lipinski definition) is 3. The van der Waals surface area contributed by atoms with E-state index in [2.05, 4.69) is 10.6 Å². The van der Waals surface area contributed by atoms with Gasteiger partial charge in [-0.1, -0.05) is 25.0 Å². The Bertz CT molecular complexity index is 403. The summed E-state index contributed by atoms with van der Waals surface area (Å²) in [5.41, 5.74) is 0.906. The summed E-state index contributed by atoms with van der Waals surface area (Å²) < 4.78 is 0. The average molecular weight is 264 g/mol. The minimum atomic E-state index is 0.0448. The molecule has 1 aromatic rings. The van der Waals surface area contributed by atoms with Gasteiger partial charge in [-0.15, -0.1) is 11.8 Å². The fraction of sp³-hybridized carbons (Fsp3) is 0.500. The number of hydrogen-bond donors (Lipinski definition) is 2. The van der Waals surface area contributed by atoms with Gasteiger partial charge in [0.1, 0.15) is 0 Å². The number of thioether (sulfide) groups is 1. The average Bonchev–Trinajstić information content (AvgIpc) is 2.90. The fourth-order valence-electron chi connectivity index (χ4n) is 2.31. The molecule has 4 heteroatoms. The second kappa shape index (κ2) is 6.81. The maximum absolute atomic E-state index is 11.9. The maximum atomic E-state index is 11.9. The Morgan fingerprint density at radius 2 is 2.06 bits per heavy atom. The summed E-state index contributed by atoms with van der Waals surface area (Å²) in [5.74, 6) is 0.0448. The quantitative estimate of drug-likeness (QED) is 0.804. The summed E-state index contributed by atoms with van der Waals surface area (Å²) in [6, 6.07) is 8.42. The number of anilines is 1. The second-order valence-electron chi connectivity index (χ2n) is 4.61. The van der Waals surface area contributed by atoms with Crippen LogP contribution in [0, 0.1) is 0 Å². The van der Waals surface area contributed by atoms with E-state index in [1.807, 2.05) is 30.5 Å². The van der Waals surface area contributed by atoms with Crippen LogP contribution in [-0.4, -0.2) is 24.7 Å². The van der Waals surface area contributed by atoms with Gasteiger partial charge in [0, 0.05) is 10.9 Å². The van der Waals surface area contributed by atoms with E-state index < -0.39 is 0 Å². The van der Waals surface area contributed by atoms with Gasteiger partial charge >= 0.3 is 0 Å². The molecule has 1 aliphatic carbocycles. The summed E-state index contributed by atoms with van der Waals surface area (Å²) >= 11 is 1.65. The molecule has 0 aromatic heterocycles. The number of carbonyl (C=O) groups is 1.